The van der Waals surface area contributed by atoms with Crippen LogP contribution in [0.2, 0.25) is 0 Å². The minimum atomic E-state index is -0.303. The van der Waals surface area contributed by atoms with Crippen molar-refractivity contribution in [2.75, 3.05) is 11.4 Å². The quantitative estimate of drug-likeness (QED) is 0.392. The molecule has 1 aliphatic heterocycles. The lowest BCUT2D eigenvalue weighted by atomic mass is 9.91. The first-order valence-electron chi connectivity index (χ1n) is 13.3. The highest BCUT2D eigenvalue weighted by Crippen LogP contribution is 2.57. The minimum Gasteiger partial charge on any atom is -0.393 e. The Morgan fingerprint density at radius 3 is 2.68 bits per heavy atom. The van der Waals surface area contributed by atoms with Crippen molar-refractivity contribution in [3.8, 4) is 11.1 Å². The Morgan fingerprint density at radius 1 is 1.16 bits per heavy atom. The van der Waals surface area contributed by atoms with Crippen LogP contribution in [0, 0.1) is 11.7 Å². The van der Waals surface area contributed by atoms with Crippen molar-refractivity contribution in [3.05, 3.63) is 83.5 Å². The Labute approximate surface area is 217 Å². The number of hydrogen-bond donors (Lipinski definition) is 1. The number of Topliss-reactive ketones (excluding diaryl/α,β-unsaturated/α-hetero) is 1. The molecule has 2 aliphatic carbocycles. The number of benzene rings is 2. The number of hydrogen-bond acceptors (Lipinski definition) is 5. The first kappa shape index (κ1) is 24.0. The van der Waals surface area contributed by atoms with Crippen LogP contribution in [0.25, 0.3) is 11.1 Å². The van der Waals surface area contributed by atoms with Crippen LogP contribution in [0.3, 0.4) is 0 Å². The average Bonchev–Trinajstić information content (AvgIpc) is 3.65. The molecule has 190 valence electrons. The fraction of sp³-hybridized carbons (Fsp3) is 0.387. The summed E-state index contributed by atoms with van der Waals surface area (Å²) in [6.07, 6.45) is 11.8. The largest absolute Gasteiger partial charge is 0.393 e. The van der Waals surface area contributed by atoms with E-state index in [1.807, 2.05) is 19.1 Å². The Hall–Kier alpha value is -3.38. The molecule has 3 aromatic rings. The SMILES string of the molecule is C[C@H](O)CC1CCC=C(C(=O)c2ccc3c(c2)N(c2ncc(-c4ccccc4F)cn2)CC32CC2)CC1. The first-order chi connectivity index (χ1) is 17.9. The second kappa shape index (κ2) is 9.49. The van der Waals surface area contributed by atoms with Crippen LogP contribution in [0.15, 0.2) is 66.5 Å². The van der Waals surface area contributed by atoms with Crippen molar-refractivity contribution in [2.24, 2.45) is 5.92 Å². The molecule has 0 amide bonds. The highest BCUT2D eigenvalue weighted by atomic mass is 19.1. The second-order valence-electron chi connectivity index (χ2n) is 11.0. The number of aromatic nitrogens is 2. The zero-order valence-electron chi connectivity index (χ0n) is 21.2. The maximum absolute atomic E-state index is 14.2. The molecule has 3 aliphatic rings. The van der Waals surface area contributed by atoms with Crippen molar-refractivity contribution in [1.29, 1.82) is 0 Å². The molecule has 0 bridgehead atoms. The number of fused-ring (bicyclic) bond motifs is 2. The Bertz CT molecular complexity index is 1360. The van der Waals surface area contributed by atoms with E-state index in [0.717, 1.165) is 62.8 Å². The molecule has 5 nitrogen and oxygen atoms in total. The van der Waals surface area contributed by atoms with E-state index in [1.54, 1.807) is 30.6 Å². The fourth-order valence-electron chi connectivity index (χ4n) is 6.08. The van der Waals surface area contributed by atoms with Gasteiger partial charge in [-0.3, -0.25) is 4.79 Å². The van der Waals surface area contributed by atoms with Gasteiger partial charge >= 0.3 is 0 Å². The van der Waals surface area contributed by atoms with Gasteiger partial charge in [-0.1, -0.05) is 36.4 Å². The topological polar surface area (TPSA) is 66.3 Å². The number of anilines is 2. The monoisotopic (exact) mass is 497 g/mol. The lowest BCUT2D eigenvalue weighted by molar-refractivity contribution is 0.102. The summed E-state index contributed by atoms with van der Waals surface area (Å²) < 4.78 is 14.2. The van der Waals surface area contributed by atoms with E-state index < -0.39 is 0 Å². The van der Waals surface area contributed by atoms with E-state index in [4.69, 9.17) is 0 Å². The highest BCUT2D eigenvalue weighted by molar-refractivity contribution is 6.09. The molecular formula is C31H32FN3O2. The summed E-state index contributed by atoms with van der Waals surface area (Å²) >= 11 is 0. The number of aliphatic hydroxyl groups excluding tert-OH is 1. The zero-order valence-corrected chi connectivity index (χ0v) is 21.2. The summed E-state index contributed by atoms with van der Waals surface area (Å²) in [6, 6.07) is 12.7. The summed E-state index contributed by atoms with van der Waals surface area (Å²) in [4.78, 5) is 24.9. The summed E-state index contributed by atoms with van der Waals surface area (Å²) in [5.74, 6) is 0.823. The van der Waals surface area contributed by atoms with Gasteiger partial charge in [0.15, 0.2) is 5.78 Å². The normalized spacial score (nSPS) is 20.8. The number of carbonyl (C=O) groups excluding carboxylic acids is 1. The lowest BCUT2D eigenvalue weighted by Crippen LogP contribution is -2.21. The molecule has 1 aromatic heterocycles. The number of rotatable bonds is 6. The molecule has 1 unspecified atom stereocenters. The van der Waals surface area contributed by atoms with Crippen LogP contribution in [0.4, 0.5) is 16.0 Å². The maximum atomic E-state index is 14.2. The number of allylic oxidation sites excluding steroid dienone is 2. The van der Waals surface area contributed by atoms with Crippen molar-refractivity contribution < 1.29 is 14.3 Å². The average molecular weight is 498 g/mol. The summed E-state index contributed by atoms with van der Waals surface area (Å²) in [5.41, 5.74) is 5.07. The molecule has 0 saturated heterocycles. The van der Waals surface area contributed by atoms with Crippen LogP contribution in [0.1, 0.15) is 67.8 Å². The molecule has 2 atom stereocenters. The van der Waals surface area contributed by atoms with Crippen molar-refractivity contribution >= 4 is 17.4 Å². The predicted octanol–water partition coefficient (Wildman–Crippen LogP) is 6.54. The van der Waals surface area contributed by atoms with E-state index in [1.165, 1.54) is 11.6 Å². The minimum absolute atomic E-state index is 0.0908. The second-order valence-corrected chi connectivity index (χ2v) is 11.0. The molecule has 1 saturated carbocycles. The molecular weight excluding hydrogens is 465 g/mol. The van der Waals surface area contributed by atoms with Gasteiger partial charge in [-0.05, 0) is 81.1 Å². The van der Waals surface area contributed by atoms with Crippen molar-refractivity contribution in [2.45, 2.75) is 63.4 Å². The van der Waals surface area contributed by atoms with Gasteiger partial charge in [0.1, 0.15) is 5.82 Å². The van der Waals surface area contributed by atoms with Gasteiger partial charge in [-0.15, -0.1) is 0 Å². The summed E-state index contributed by atoms with van der Waals surface area (Å²) in [7, 11) is 0. The van der Waals surface area contributed by atoms with Crippen molar-refractivity contribution in [3.63, 3.8) is 0 Å². The Kier molecular flexibility index (Phi) is 6.15. The van der Waals surface area contributed by atoms with Crippen LogP contribution in [0.5, 0.6) is 0 Å². The molecule has 1 spiro atoms. The summed E-state index contributed by atoms with van der Waals surface area (Å²) in [6.45, 7) is 2.63. The maximum Gasteiger partial charge on any atom is 0.229 e. The lowest BCUT2D eigenvalue weighted by Gasteiger charge is -2.18. The fourth-order valence-corrected chi connectivity index (χ4v) is 6.08. The van der Waals surface area contributed by atoms with Gasteiger partial charge in [0.05, 0.1) is 6.10 Å². The third-order valence-corrected chi connectivity index (χ3v) is 8.25. The number of carbonyl (C=O) groups is 1. The van der Waals surface area contributed by atoms with Crippen LogP contribution < -0.4 is 4.90 Å². The standard InChI is InChI=1S/C31H32FN3O2/c1-20(36)15-21-5-4-6-22(10-9-21)29(37)23-11-12-26-28(16-23)35(19-31(26)13-14-31)30-33-17-24(18-34-30)25-7-2-3-8-27(25)32/h2-3,6-8,11-12,16-18,20-21,36H,4-5,9-10,13-15,19H2,1H3/t20-,21?/m0/s1. The van der Waals surface area contributed by atoms with Gasteiger partial charge in [0.2, 0.25) is 5.95 Å². The Balaban J connectivity index is 1.26. The predicted molar refractivity (Wildman–Crippen MR) is 142 cm³/mol. The molecule has 1 N–H and O–H groups in total. The third-order valence-electron chi connectivity index (χ3n) is 8.25. The first-order valence-corrected chi connectivity index (χ1v) is 13.3. The van der Waals surface area contributed by atoms with Gasteiger partial charge < -0.3 is 10.0 Å². The molecule has 2 aromatic carbocycles. The molecule has 37 heavy (non-hydrogen) atoms. The number of nitrogens with zero attached hydrogens (tertiary/aromatic N) is 3. The van der Waals surface area contributed by atoms with Crippen LogP contribution >= 0.6 is 0 Å². The van der Waals surface area contributed by atoms with Gasteiger partial charge in [0.25, 0.3) is 0 Å². The van der Waals surface area contributed by atoms with E-state index in [2.05, 4.69) is 27.0 Å². The van der Waals surface area contributed by atoms with Crippen molar-refractivity contribution in [1.82, 2.24) is 9.97 Å². The van der Waals surface area contributed by atoms with E-state index in [-0.39, 0.29) is 23.1 Å². The van der Waals surface area contributed by atoms with Gasteiger partial charge in [-0.25, -0.2) is 14.4 Å². The third kappa shape index (κ3) is 4.59. The molecule has 6 rings (SSSR count). The summed E-state index contributed by atoms with van der Waals surface area (Å²) in [5, 5.41) is 9.78. The van der Waals surface area contributed by atoms with Crippen LogP contribution in [-0.2, 0) is 5.41 Å². The molecule has 0 radical (unpaired) electrons. The van der Waals surface area contributed by atoms with E-state index in [0.29, 0.717) is 28.6 Å². The smallest absolute Gasteiger partial charge is 0.229 e. The highest BCUT2D eigenvalue weighted by Gasteiger charge is 2.52. The Morgan fingerprint density at radius 2 is 1.95 bits per heavy atom. The number of ketones is 1. The van der Waals surface area contributed by atoms with Gasteiger partial charge in [0, 0.05) is 46.7 Å². The van der Waals surface area contributed by atoms with E-state index >= 15 is 0 Å². The number of halogens is 1. The molecule has 1 fully saturated rings. The zero-order chi connectivity index (χ0) is 25.6. The number of aliphatic hydroxyl groups is 1. The molecule has 2 heterocycles. The van der Waals surface area contributed by atoms with Gasteiger partial charge in [-0.2, -0.15) is 0 Å². The van der Waals surface area contributed by atoms with E-state index in [9.17, 15) is 14.3 Å². The van der Waals surface area contributed by atoms with Crippen LogP contribution in [-0.4, -0.2) is 33.5 Å². The molecule has 6 heteroatoms.